The van der Waals surface area contributed by atoms with E-state index in [9.17, 15) is 8.42 Å². The highest BCUT2D eigenvalue weighted by molar-refractivity contribution is 7.89. The summed E-state index contributed by atoms with van der Waals surface area (Å²) in [6, 6.07) is 8.38. The summed E-state index contributed by atoms with van der Waals surface area (Å²) >= 11 is 0. The van der Waals surface area contributed by atoms with E-state index in [2.05, 4.69) is 27.3 Å². The summed E-state index contributed by atoms with van der Waals surface area (Å²) < 4.78 is 26.8. The fourth-order valence-electron chi connectivity index (χ4n) is 2.87. The third-order valence-corrected chi connectivity index (χ3v) is 6.26. The summed E-state index contributed by atoms with van der Waals surface area (Å²) in [7, 11) is -1.72. The average molecular weight is 353 g/mol. The molecule has 1 fully saturated rings. The molecule has 0 heterocycles. The van der Waals surface area contributed by atoms with E-state index in [0.29, 0.717) is 24.5 Å². The SMILES string of the molecule is CCC1(CNC(=NC)NCCNS(=O)(=O)c2ccccc2)CCC1. The van der Waals surface area contributed by atoms with E-state index in [-0.39, 0.29) is 4.90 Å². The third kappa shape index (κ3) is 4.95. The van der Waals surface area contributed by atoms with Gasteiger partial charge >= 0.3 is 0 Å². The van der Waals surface area contributed by atoms with Gasteiger partial charge in [-0.25, -0.2) is 13.1 Å². The van der Waals surface area contributed by atoms with Crippen molar-refractivity contribution < 1.29 is 8.42 Å². The van der Waals surface area contributed by atoms with Gasteiger partial charge in [0.1, 0.15) is 0 Å². The van der Waals surface area contributed by atoms with Gasteiger partial charge in [0.15, 0.2) is 5.96 Å². The molecule has 1 saturated carbocycles. The first kappa shape index (κ1) is 18.7. The molecule has 1 aromatic carbocycles. The fourth-order valence-corrected chi connectivity index (χ4v) is 3.93. The Morgan fingerprint density at radius 2 is 1.88 bits per heavy atom. The van der Waals surface area contributed by atoms with E-state index in [1.165, 1.54) is 25.7 Å². The van der Waals surface area contributed by atoms with E-state index in [4.69, 9.17) is 0 Å². The minimum absolute atomic E-state index is 0.280. The molecule has 24 heavy (non-hydrogen) atoms. The molecule has 3 N–H and O–H groups in total. The van der Waals surface area contributed by atoms with Gasteiger partial charge in [-0.1, -0.05) is 31.5 Å². The van der Waals surface area contributed by atoms with Crippen molar-refractivity contribution in [2.45, 2.75) is 37.5 Å². The number of nitrogens with one attached hydrogen (secondary N) is 3. The van der Waals surface area contributed by atoms with Crippen molar-refractivity contribution in [3.63, 3.8) is 0 Å². The largest absolute Gasteiger partial charge is 0.356 e. The molecule has 0 atom stereocenters. The lowest BCUT2D eigenvalue weighted by Crippen LogP contribution is -2.47. The zero-order valence-electron chi connectivity index (χ0n) is 14.5. The first-order valence-corrected chi connectivity index (χ1v) is 9.99. The lowest BCUT2D eigenvalue weighted by Gasteiger charge is -2.41. The van der Waals surface area contributed by atoms with Gasteiger partial charge in [-0.15, -0.1) is 0 Å². The second-order valence-corrected chi connectivity index (χ2v) is 8.04. The summed E-state index contributed by atoms with van der Waals surface area (Å²) in [6.07, 6.45) is 5.02. The van der Waals surface area contributed by atoms with Gasteiger partial charge < -0.3 is 10.6 Å². The predicted octanol–water partition coefficient (Wildman–Crippen LogP) is 1.71. The van der Waals surface area contributed by atoms with Crippen LogP contribution in [0.5, 0.6) is 0 Å². The Morgan fingerprint density at radius 1 is 1.17 bits per heavy atom. The zero-order valence-corrected chi connectivity index (χ0v) is 15.3. The molecule has 0 spiro atoms. The number of benzene rings is 1. The third-order valence-electron chi connectivity index (χ3n) is 4.78. The van der Waals surface area contributed by atoms with Crippen LogP contribution >= 0.6 is 0 Å². The molecule has 0 amide bonds. The Labute approximate surface area is 145 Å². The Bertz CT molecular complexity index is 634. The topological polar surface area (TPSA) is 82.6 Å². The van der Waals surface area contributed by atoms with Crippen molar-refractivity contribution in [2.24, 2.45) is 10.4 Å². The number of rotatable bonds is 8. The average Bonchev–Trinajstić information content (AvgIpc) is 2.57. The highest BCUT2D eigenvalue weighted by Gasteiger charge is 2.34. The Hall–Kier alpha value is -1.60. The molecule has 0 aromatic heterocycles. The molecule has 1 aromatic rings. The van der Waals surface area contributed by atoms with Crippen LogP contribution in [0.1, 0.15) is 32.6 Å². The van der Waals surface area contributed by atoms with Crippen molar-refractivity contribution in [1.82, 2.24) is 15.4 Å². The van der Waals surface area contributed by atoms with Crippen LogP contribution in [0.4, 0.5) is 0 Å². The van der Waals surface area contributed by atoms with Crippen LogP contribution in [0.2, 0.25) is 0 Å². The molecule has 7 heteroatoms. The first-order chi connectivity index (χ1) is 11.5. The molecule has 0 saturated heterocycles. The minimum Gasteiger partial charge on any atom is -0.356 e. The van der Waals surface area contributed by atoms with Gasteiger partial charge in [0.25, 0.3) is 0 Å². The van der Waals surface area contributed by atoms with Crippen LogP contribution in [0.15, 0.2) is 40.2 Å². The molecule has 6 nitrogen and oxygen atoms in total. The number of aliphatic imine (C=N–C) groups is 1. The Balaban J connectivity index is 1.72. The van der Waals surface area contributed by atoms with Crippen molar-refractivity contribution in [1.29, 1.82) is 0 Å². The normalized spacial score (nSPS) is 17.2. The quantitative estimate of drug-likeness (QED) is 0.378. The first-order valence-electron chi connectivity index (χ1n) is 8.51. The van der Waals surface area contributed by atoms with Crippen LogP contribution in [0.25, 0.3) is 0 Å². The second kappa shape index (κ2) is 8.48. The lowest BCUT2D eigenvalue weighted by atomic mass is 9.67. The van der Waals surface area contributed by atoms with Crippen LogP contribution in [0.3, 0.4) is 0 Å². The molecule has 134 valence electrons. The summed E-state index contributed by atoms with van der Waals surface area (Å²) in [5.41, 5.74) is 0.409. The Kier molecular flexibility index (Phi) is 6.62. The van der Waals surface area contributed by atoms with E-state index in [0.717, 1.165) is 6.54 Å². The maximum absolute atomic E-state index is 12.1. The van der Waals surface area contributed by atoms with Crippen molar-refractivity contribution in [3.8, 4) is 0 Å². The van der Waals surface area contributed by atoms with E-state index in [1.54, 1.807) is 37.4 Å². The number of guanidine groups is 1. The van der Waals surface area contributed by atoms with Gasteiger partial charge in [-0.05, 0) is 36.8 Å². The zero-order chi connectivity index (χ0) is 17.5. The van der Waals surface area contributed by atoms with Gasteiger partial charge in [0.2, 0.25) is 10.0 Å². The predicted molar refractivity (Wildman–Crippen MR) is 97.6 cm³/mol. The summed E-state index contributed by atoms with van der Waals surface area (Å²) in [5, 5.41) is 6.50. The Morgan fingerprint density at radius 3 is 2.42 bits per heavy atom. The molecule has 0 unspecified atom stereocenters. The molecule has 2 rings (SSSR count). The number of hydrogen-bond acceptors (Lipinski definition) is 3. The van der Waals surface area contributed by atoms with Gasteiger partial charge in [0.05, 0.1) is 4.90 Å². The van der Waals surface area contributed by atoms with Crippen LogP contribution in [0, 0.1) is 5.41 Å². The van der Waals surface area contributed by atoms with Crippen molar-refractivity contribution in [2.75, 3.05) is 26.7 Å². The monoisotopic (exact) mass is 352 g/mol. The van der Waals surface area contributed by atoms with E-state index in [1.807, 2.05) is 0 Å². The van der Waals surface area contributed by atoms with E-state index < -0.39 is 10.0 Å². The standard InChI is InChI=1S/C17H28N4O2S/c1-3-17(10-7-11-17)14-20-16(18-2)19-12-13-21-24(22,23)15-8-5-4-6-9-15/h4-6,8-9,21H,3,7,10-14H2,1-2H3,(H2,18,19,20). The second-order valence-electron chi connectivity index (χ2n) is 6.27. The minimum atomic E-state index is -3.45. The summed E-state index contributed by atoms with van der Waals surface area (Å²) in [4.78, 5) is 4.47. The molecule has 1 aliphatic rings. The van der Waals surface area contributed by atoms with Crippen LogP contribution < -0.4 is 15.4 Å². The lowest BCUT2D eigenvalue weighted by molar-refractivity contribution is 0.131. The maximum atomic E-state index is 12.1. The van der Waals surface area contributed by atoms with Crippen molar-refractivity contribution in [3.05, 3.63) is 30.3 Å². The van der Waals surface area contributed by atoms with Gasteiger partial charge in [-0.2, -0.15) is 0 Å². The smallest absolute Gasteiger partial charge is 0.240 e. The molecule has 0 aliphatic heterocycles. The van der Waals surface area contributed by atoms with Gasteiger partial charge in [0, 0.05) is 26.7 Å². The number of sulfonamides is 1. The molecular formula is C17H28N4O2S. The number of hydrogen-bond donors (Lipinski definition) is 3. The van der Waals surface area contributed by atoms with Crippen LogP contribution in [-0.4, -0.2) is 41.1 Å². The molecule has 1 aliphatic carbocycles. The molecule has 0 bridgehead atoms. The molecule has 0 radical (unpaired) electrons. The maximum Gasteiger partial charge on any atom is 0.240 e. The molecular weight excluding hydrogens is 324 g/mol. The van der Waals surface area contributed by atoms with Crippen LogP contribution in [-0.2, 0) is 10.0 Å². The highest BCUT2D eigenvalue weighted by atomic mass is 32.2. The fraction of sp³-hybridized carbons (Fsp3) is 0.588. The highest BCUT2D eigenvalue weighted by Crippen LogP contribution is 2.42. The van der Waals surface area contributed by atoms with E-state index >= 15 is 0 Å². The number of nitrogens with zero attached hydrogens (tertiary/aromatic N) is 1. The van der Waals surface area contributed by atoms with Crippen molar-refractivity contribution >= 4 is 16.0 Å². The van der Waals surface area contributed by atoms with Gasteiger partial charge in [-0.3, -0.25) is 4.99 Å². The summed E-state index contributed by atoms with van der Waals surface area (Å²) in [6.45, 7) is 3.93. The summed E-state index contributed by atoms with van der Waals surface area (Å²) in [5.74, 6) is 0.716.